The molecule has 2 aromatic carbocycles. The lowest BCUT2D eigenvalue weighted by molar-refractivity contribution is -0.147. The van der Waals surface area contributed by atoms with Crippen LogP contribution in [0.4, 0.5) is 5.69 Å². The first-order chi connectivity index (χ1) is 13.7. The van der Waals surface area contributed by atoms with Crippen molar-refractivity contribution in [3.8, 4) is 0 Å². The van der Waals surface area contributed by atoms with Crippen molar-refractivity contribution in [1.82, 2.24) is 9.55 Å². The van der Waals surface area contributed by atoms with E-state index in [0.29, 0.717) is 16.6 Å². The van der Waals surface area contributed by atoms with E-state index in [2.05, 4.69) is 31.1 Å². The first-order valence-electron chi connectivity index (χ1n) is 9.24. The van der Waals surface area contributed by atoms with Crippen LogP contribution < -0.4 is 10.9 Å². The molecule has 0 bridgehead atoms. The van der Waals surface area contributed by atoms with Crippen LogP contribution >= 0.6 is 0 Å². The number of hydrogen-bond acceptors (Lipinski definition) is 5. The summed E-state index contributed by atoms with van der Waals surface area (Å²) in [6.07, 6.45) is 1.29. The second-order valence-corrected chi connectivity index (χ2v) is 7.73. The van der Waals surface area contributed by atoms with E-state index in [1.807, 2.05) is 12.1 Å². The molecule has 0 atom stereocenters. The van der Waals surface area contributed by atoms with Gasteiger partial charge in [-0.25, -0.2) is 4.98 Å². The standard InChI is InChI=1S/C22H23N3O4/c1-22(2,3)15-8-10-16(11-9-15)24-19(26)13-29-20(27)12-25-14-23-18-7-5-4-6-17(18)21(25)28/h4-11,14H,12-13H2,1-3H3,(H,24,26). The van der Waals surface area contributed by atoms with E-state index < -0.39 is 18.5 Å². The fourth-order valence-corrected chi connectivity index (χ4v) is 2.80. The molecule has 1 N–H and O–H groups in total. The summed E-state index contributed by atoms with van der Waals surface area (Å²) in [5.74, 6) is -1.15. The van der Waals surface area contributed by atoms with Crippen LogP contribution in [0.3, 0.4) is 0 Å². The first kappa shape index (κ1) is 20.3. The molecule has 1 amide bonds. The number of ether oxygens (including phenoxy) is 1. The van der Waals surface area contributed by atoms with Crippen LogP contribution in [0.15, 0.2) is 59.7 Å². The lowest BCUT2D eigenvalue weighted by Crippen LogP contribution is -2.28. The van der Waals surface area contributed by atoms with Crippen molar-refractivity contribution in [1.29, 1.82) is 0 Å². The zero-order valence-electron chi connectivity index (χ0n) is 16.6. The van der Waals surface area contributed by atoms with Gasteiger partial charge in [0.25, 0.3) is 11.5 Å². The SMILES string of the molecule is CC(C)(C)c1ccc(NC(=O)COC(=O)Cn2cnc3ccccc3c2=O)cc1. The van der Waals surface area contributed by atoms with Crippen LogP contribution in [-0.2, 0) is 26.3 Å². The summed E-state index contributed by atoms with van der Waals surface area (Å²) in [5.41, 5.74) is 2.01. The number of esters is 1. The van der Waals surface area contributed by atoms with Crippen LogP contribution in [0.1, 0.15) is 26.3 Å². The van der Waals surface area contributed by atoms with E-state index in [1.165, 1.54) is 6.33 Å². The fraction of sp³-hybridized carbons (Fsp3) is 0.273. The van der Waals surface area contributed by atoms with Gasteiger partial charge >= 0.3 is 5.97 Å². The van der Waals surface area contributed by atoms with Crippen molar-refractivity contribution in [2.45, 2.75) is 32.7 Å². The molecule has 3 aromatic rings. The van der Waals surface area contributed by atoms with E-state index in [-0.39, 0.29) is 17.5 Å². The summed E-state index contributed by atoms with van der Waals surface area (Å²) in [5, 5.41) is 3.09. The van der Waals surface area contributed by atoms with E-state index >= 15 is 0 Å². The molecule has 0 fully saturated rings. The van der Waals surface area contributed by atoms with Crippen molar-refractivity contribution in [2.75, 3.05) is 11.9 Å². The Morgan fingerprint density at radius 3 is 2.45 bits per heavy atom. The topological polar surface area (TPSA) is 90.3 Å². The highest BCUT2D eigenvalue weighted by Crippen LogP contribution is 2.23. The number of rotatable bonds is 5. The molecule has 0 saturated heterocycles. The summed E-state index contributed by atoms with van der Waals surface area (Å²) in [4.78, 5) is 40.6. The van der Waals surface area contributed by atoms with Gasteiger partial charge in [0.1, 0.15) is 6.54 Å². The van der Waals surface area contributed by atoms with Crippen LogP contribution in [0.5, 0.6) is 0 Å². The van der Waals surface area contributed by atoms with Gasteiger partial charge in [0.15, 0.2) is 6.61 Å². The molecule has 0 aliphatic heterocycles. The molecule has 3 rings (SSSR count). The van der Waals surface area contributed by atoms with Crippen molar-refractivity contribution in [3.63, 3.8) is 0 Å². The molecule has 0 unspecified atom stereocenters. The number of carbonyl (C=O) groups is 2. The second kappa shape index (κ2) is 8.26. The number of amides is 1. The highest BCUT2D eigenvalue weighted by Gasteiger charge is 2.14. The quantitative estimate of drug-likeness (QED) is 0.673. The van der Waals surface area contributed by atoms with Gasteiger partial charge in [-0.15, -0.1) is 0 Å². The molecule has 1 heterocycles. The summed E-state index contributed by atoms with van der Waals surface area (Å²) in [6.45, 7) is 5.57. The van der Waals surface area contributed by atoms with E-state index in [0.717, 1.165) is 10.1 Å². The molecule has 0 spiro atoms. The molecular weight excluding hydrogens is 370 g/mol. The molecule has 7 nitrogen and oxygen atoms in total. The normalized spacial score (nSPS) is 11.3. The largest absolute Gasteiger partial charge is 0.454 e. The smallest absolute Gasteiger partial charge is 0.326 e. The zero-order valence-corrected chi connectivity index (χ0v) is 16.6. The molecular formula is C22H23N3O4. The number of nitrogens with one attached hydrogen (secondary N) is 1. The predicted octanol–water partition coefficient (Wildman–Crippen LogP) is 2.88. The van der Waals surface area contributed by atoms with Crippen LogP contribution in [0.25, 0.3) is 10.9 Å². The van der Waals surface area contributed by atoms with Gasteiger partial charge in [-0.1, -0.05) is 45.0 Å². The van der Waals surface area contributed by atoms with Crippen molar-refractivity contribution >= 4 is 28.5 Å². The third-order valence-electron chi connectivity index (χ3n) is 4.43. The molecule has 7 heteroatoms. The van der Waals surface area contributed by atoms with Gasteiger partial charge in [-0.2, -0.15) is 0 Å². The maximum absolute atomic E-state index is 12.4. The Kier molecular flexibility index (Phi) is 5.77. The summed E-state index contributed by atoms with van der Waals surface area (Å²) >= 11 is 0. The van der Waals surface area contributed by atoms with E-state index in [1.54, 1.807) is 36.4 Å². The maximum Gasteiger partial charge on any atom is 0.326 e. The van der Waals surface area contributed by atoms with Gasteiger partial charge in [0.2, 0.25) is 0 Å². The molecule has 29 heavy (non-hydrogen) atoms. The van der Waals surface area contributed by atoms with Gasteiger partial charge in [-0.05, 0) is 35.2 Å². The summed E-state index contributed by atoms with van der Waals surface area (Å²) in [6, 6.07) is 14.4. The minimum Gasteiger partial charge on any atom is -0.454 e. The number of hydrogen-bond donors (Lipinski definition) is 1. The predicted molar refractivity (Wildman–Crippen MR) is 111 cm³/mol. The monoisotopic (exact) mass is 393 g/mol. The third kappa shape index (κ3) is 5.07. The molecule has 1 aromatic heterocycles. The number of nitrogens with zero attached hydrogens (tertiary/aromatic N) is 2. The number of fused-ring (bicyclic) bond motifs is 1. The molecule has 0 saturated carbocycles. The zero-order chi connectivity index (χ0) is 21.0. The third-order valence-corrected chi connectivity index (χ3v) is 4.43. The van der Waals surface area contributed by atoms with E-state index in [4.69, 9.17) is 4.74 Å². The average Bonchev–Trinajstić information content (AvgIpc) is 2.68. The second-order valence-electron chi connectivity index (χ2n) is 7.73. The van der Waals surface area contributed by atoms with Gasteiger partial charge in [-0.3, -0.25) is 19.0 Å². The lowest BCUT2D eigenvalue weighted by Gasteiger charge is -2.19. The maximum atomic E-state index is 12.4. The fourth-order valence-electron chi connectivity index (χ4n) is 2.80. The first-order valence-corrected chi connectivity index (χ1v) is 9.24. The number of aromatic nitrogens is 2. The molecule has 150 valence electrons. The van der Waals surface area contributed by atoms with Gasteiger partial charge in [0.05, 0.1) is 17.2 Å². The van der Waals surface area contributed by atoms with E-state index in [9.17, 15) is 14.4 Å². The molecule has 0 radical (unpaired) electrons. The number of para-hydroxylation sites is 1. The highest BCUT2D eigenvalue weighted by molar-refractivity contribution is 5.92. The van der Waals surface area contributed by atoms with Gasteiger partial charge < -0.3 is 10.1 Å². The Bertz CT molecular complexity index is 1100. The van der Waals surface area contributed by atoms with Gasteiger partial charge in [0, 0.05) is 5.69 Å². The number of benzene rings is 2. The van der Waals surface area contributed by atoms with Crippen LogP contribution in [0, 0.1) is 0 Å². The highest BCUT2D eigenvalue weighted by atomic mass is 16.5. The summed E-state index contributed by atoms with van der Waals surface area (Å²) in [7, 11) is 0. The molecule has 0 aliphatic carbocycles. The van der Waals surface area contributed by atoms with Crippen molar-refractivity contribution < 1.29 is 14.3 Å². The Morgan fingerprint density at radius 2 is 1.76 bits per heavy atom. The average molecular weight is 393 g/mol. The Labute approximate surface area is 168 Å². The van der Waals surface area contributed by atoms with Crippen LogP contribution in [-0.4, -0.2) is 28.0 Å². The Morgan fingerprint density at radius 1 is 1.07 bits per heavy atom. The summed E-state index contributed by atoms with van der Waals surface area (Å²) < 4.78 is 6.15. The minimum atomic E-state index is -0.692. The Hall–Kier alpha value is -3.48. The number of anilines is 1. The minimum absolute atomic E-state index is 0.0216. The van der Waals surface area contributed by atoms with Crippen molar-refractivity contribution in [3.05, 3.63) is 70.8 Å². The number of carbonyl (C=O) groups excluding carboxylic acids is 2. The molecule has 0 aliphatic rings. The lowest BCUT2D eigenvalue weighted by atomic mass is 9.87. The van der Waals surface area contributed by atoms with Crippen molar-refractivity contribution in [2.24, 2.45) is 0 Å². The van der Waals surface area contributed by atoms with Crippen LogP contribution in [0.2, 0.25) is 0 Å². The Balaban J connectivity index is 1.55.